The smallest absolute Gasteiger partial charge is 0.239 e. The van der Waals surface area contributed by atoms with E-state index >= 15 is 0 Å². The first-order chi connectivity index (χ1) is 13.0. The van der Waals surface area contributed by atoms with Gasteiger partial charge in [0, 0.05) is 12.6 Å². The van der Waals surface area contributed by atoms with Gasteiger partial charge >= 0.3 is 0 Å². The van der Waals surface area contributed by atoms with Crippen LogP contribution in [0.3, 0.4) is 0 Å². The summed E-state index contributed by atoms with van der Waals surface area (Å²) in [6.07, 6.45) is 11.7. The van der Waals surface area contributed by atoms with Crippen molar-refractivity contribution in [1.29, 1.82) is 5.26 Å². The molecule has 0 bridgehead atoms. The van der Waals surface area contributed by atoms with E-state index < -0.39 is 5.60 Å². The number of amides is 1. The van der Waals surface area contributed by atoms with Crippen molar-refractivity contribution >= 4 is 17.7 Å². The molecule has 150 valence electrons. The number of hydrogen-bond donors (Lipinski definition) is 1. The maximum atomic E-state index is 12.5. The predicted octanol–water partition coefficient (Wildman–Crippen LogP) is 3.46. The van der Waals surface area contributed by atoms with Gasteiger partial charge in [-0.3, -0.25) is 4.79 Å². The molecule has 1 saturated heterocycles. The number of carbonyl (C=O) groups excluding carboxylic acids is 1. The van der Waals surface area contributed by atoms with Gasteiger partial charge in [-0.1, -0.05) is 19.3 Å². The van der Waals surface area contributed by atoms with Crippen molar-refractivity contribution in [3.63, 3.8) is 0 Å². The highest BCUT2D eigenvalue weighted by Crippen LogP contribution is 2.54. The molecule has 0 radical (unpaired) electrons. The molecule has 3 aliphatic carbocycles. The summed E-state index contributed by atoms with van der Waals surface area (Å²) in [7, 11) is 0. The van der Waals surface area contributed by atoms with Gasteiger partial charge in [0.15, 0.2) is 0 Å². The summed E-state index contributed by atoms with van der Waals surface area (Å²) in [4.78, 5) is 14.2. The molecule has 5 nitrogen and oxygen atoms in total. The molecular weight excluding hydrogens is 362 g/mol. The minimum Gasteiger partial charge on any atom is -0.390 e. The Hall–Kier alpha value is -0.830. The topological polar surface area (TPSA) is 67.6 Å². The van der Waals surface area contributed by atoms with Gasteiger partial charge in [-0.2, -0.15) is 5.26 Å². The molecule has 3 saturated carbocycles. The fourth-order valence-electron chi connectivity index (χ4n) is 6.42. The van der Waals surface area contributed by atoms with Crippen molar-refractivity contribution in [3.05, 3.63) is 0 Å². The lowest BCUT2D eigenvalue weighted by Crippen LogP contribution is -2.42. The summed E-state index contributed by atoms with van der Waals surface area (Å²) >= 11 is 6.52. The molecule has 1 heterocycles. The van der Waals surface area contributed by atoms with Crippen LogP contribution in [-0.2, 0) is 4.79 Å². The Morgan fingerprint density at radius 1 is 1.15 bits per heavy atom. The second kappa shape index (κ2) is 7.89. The monoisotopic (exact) mass is 393 g/mol. The first-order valence-electron chi connectivity index (χ1n) is 10.8. The zero-order valence-corrected chi connectivity index (χ0v) is 16.9. The van der Waals surface area contributed by atoms with Crippen LogP contribution in [0.2, 0.25) is 0 Å². The normalized spacial score (nSPS) is 39.7. The maximum Gasteiger partial charge on any atom is 0.239 e. The van der Waals surface area contributed by atoms with Gasteiger partial charge in [0.2, 0.25) is 5.91 Å². The minimum atomic E-state index is -0.455. The van der Waals surface area contributed by atoms with E-state index in [0.29, 0.717) is 24.3 Å². The summed E-state index contributed by atoms with van der Waals surface area (Å²) in [6, 6.07) is 2.16. The number of halogens is 1. The molecule has 0 spiro atoms. The van der Waals surface area contributed by atoms with Crippen LogP contribution >= 0.6 is 11.8 Å². The number of nitrogens with zero attached hydrogens (tertiary/aromatic N) is 3. The Morgan fingerprint density at radius 2 is 1.81 bits per heavy atom. The second-order valence-corrected chi connectivity index (χ2v) is 9.86. The van der Waals surface area contributed by atoms with E-state index in [4.69, 9.17) is 11.8 Å². The molecule has 0 aromatic carbocycles. The second-order valence-electron chi connectivity index (χ2n) is 9.42. The zero-order chi connectivity index (χ0) is 19.0. The lowest BCUT2D eigenvalue weighted by atomic mass is 9.75. The van der Waals surface area contributed by atoms with Crippen LogP contribution in [0.1, 0.15) is 70.6 Å². The van der Waals surface area contributed by atoms with Crippen LogP contribution in [0.4, 0.5) is 0 Å². The Balaban J connectivity index is 1.29. The van der Waals surface area contributed by atoms with Gasteiger partial charge in [0.1, 0.15) is 6.04 Å². The summed E-state index contributed by atoms with van der Waals surface area (Å²) in [5, 5.41) is 20.4. The molecule has 27 heavy (non-hydrogen) atoms. The van der Waals surface area contributed by atoms with Crippen LogP contribution in [-0.4, -0.2) is 51.1 Å². The Kier molecular flexibility index (Phi) is 5.69. The van der Waals surface area contributed by atoms with Crippen LogP contribution in [0.15, 0.2) is 0 Å². The summed E-state index contributed by atoms with van der Waals surface area (Å²) in [6.45, 7) is 0.864. The molecule has 1 unspecified atom stereocenters. The third-order valence-electron chi connectivity index (χ3n) is 7.82. The van der Waals surface area contributed by atoms with E-state index in [1.807, 2.05) is 0 Å². The van der Waals surface area contributed by atoms with Gasteiger partial charge in [-0.25, -0.2) is 4.42 Å². The van der Waals surface area contributed by atoms with E-state index in [-0.39, 0.29) is 24.5 Å². The van der Waals surface area contributed by atoms with E-state index in [9.17, 15) is 15.2 Å². The summed E-state index contributed by atoms with van der Waals surface area (Å²) < 4.78 is 1.69. The number of fused-ring (bicyclic) bond motifs is 1. The van der Waals surface area contributed by atoms with Gasteiger partial charge in [0.25, 0.3) is 0 Å². The average Bonchev–Trinajstić information content (AvgIpc) is 3.35. The van der Waals surface area contributed by atoms with Crippen LogP contribution < -0.4 is 0 Å². The molecule has 1 aliphatic heterocycles. The van der Waals surface area contributed by atoms with Crippen molar-refractivity contribution in [2.24, 2.45) is 17.8 Å². The molecular formula is C21H32ClN3O2. The number of hydrogen-bond acceptors (Lipinski definition) is 4. The SMILES string of the molecule is N#C[C@@H]1CCCN1C(=O)CN(Cl)C1C[C@@H]2C[C@](O)(C3CCCCC3)C[C@@H]2C1. The highest BCUT2D eigenvalue weighted by atomic mass is 35.5. The third-order valence-corrected chi connectivity index (χ3v) is 8.21. The number of rotatable bonds is 4. The Morgan fingerprint density at radius 3 is 2.44 bits per heavy atom. The van der Waals surface area contributed by atoms with Crippen molar-refractivity contribution in [2.45, 2.75) is 88.3 Å². The Bertz CT molecular complexity index is 587. The quantitative estimate of drug-likeness (QED) is 0.742. The molecule has 4 rings (SSSR count). The van der Waals surface area contributed by atoms with Crippen LogP contribution in [0.5, 0.6) is 0 Å². The van der Waals surface area contributed by atoms with Crippen LogP contribution in [0, 0.1) is 29.1 Å². The van der Waals surface area contributed by atoms with Crippen LogP contribution in [0.25, 0.3) is 0 Å². The molecule has 5 atom stereocenters. The van der Waals surface area contributed by atoms with Crippen molar-refractivity contribution in [3.8, 4) is 6.07 Å². The molecule has 4 fully saturated rings. The van der Waals surface area contributed by atoms with Crippen molar-refractivity contribution < 1.29 is 9.90 Å². The van der Waals surface area contributed by atoms with Gasteiger partial charge in [-0.15, -0.1) is 0 Å². The average molecular weight is 394 g/mol. The van der Waals surface area contributed by atoms with E-state index in [2.05, 4.69) is 6.07 Å². The maximum absolute atomic E-state index is 12.5. The highest BCUT2D eigenvalue weighted by Gasteiger charge is 2.52. The first-order valence-corrected chi connectivity index (χ1v) is 11.2. The summed E-state index contributed by atoms with van der Waals surface area (Å²) in [5.41, 5.74) is -0.455. The van der Waals surface area contributed by atoms with Gasteiger partial charge < -0.3 is 10.0 Å². The molecule has 0 aromatic rings. The number of aliphatic hydroxyl groups is 1. The fraction of sp³-hybridized carbons (Fsp3) is 0.905. The van der Waals surface area contributed by atoms with Gasteiger partial charge in [0.05, 0.1) is 18.2 Å². The lowest BCUT2D eigenvalue weighted by molar-refractivity contribution is -0.131. The zero-order valence-electron chi connectivity index (χ0n) is 16.2. The van der Waals surface area contributed by atoms with E-state index in [1.165, 1.54) is 32.1 Å². The molecule has 6 heteroatoms. The molecule has 4 aliphatic rings. The van der Waals surface area contributed by atoms with Crippen molar-refractivity contribution in [2.75, 3.05) is 13.1 Å². The highest BCUT2D eigenvalue weighted by molar-refractivity contribution is 6.14. The van der Waals surface area contributed by atoms with E-state index in [0.717, 1.165) is 38.5 Å². The van der Waals surface area contributed by atoms with Gasteiger partial charge in [-0.05, 0) is 80.9 Å². The number of likely N-dealkylation sites (tertiary alicyclic amines) is 1. The van der Waals surface area contributed by atoms with E-state index in [1.54, 1.807) is 9.32 Å². The largest absolute Gasteiger partial charge is 0.390 e. The number of nitriles is 1. The first kappa shape index (κ1) is 19.5. The lowest BCUT2D eigenvalue weighted by Gasteiger charge is -2.37. The van der Waals surface area contributed by atoms with Crippen molar-refractivity contribution in [1.82, 2.24) is 9.32 Å². The summed E-state index contributed by atoms with van der Waals surface area (Å²) in [5.74, 6) is 1.54. The minimum absolute atomic E-state index is 0.0233. The standard InChI is InChI=1S/C21H32ClN3O2/c22-25(14-20(26)24-8-4-7-18(24)13-23)19-9-15-11-21(27,12-16(15)10-19)17-5-2-1-3-6-17/h15-19,27H,1-12,14H2/t15-,16+,18-,19?,21-/m0/s1. The third kappa shape index (κ3) is 3.86. The molecule has 1 amide bonds. The predicted molar refractivity (Wildman–Crippen MR) is 104 cm³/mol. The number of carbonyl (C=O) groups is 1. The fourth-order valence-corrected chi connectivity index (χ4v) is 6.68. The molecule has 1 N–H and O–H groups in total. The Labute approximate surface area is 167 Å². The molecule has 0 aromatic heterocycles.